The fourth-order valence-electron chi connectivity index (χ4n) is 1.50. The molecular formula is C11H14ClF3N2O2S. The molecule has 1 aromatic rings. The number of para-hydroxylation sites is 1. The number of halogens is 4. The lowest BCUT2D eigenvalue weighted by atomic mass is 10.2. The lowest BCUT2D eigenvalue weighted by Gasteiger charge is -2.19. The maximum absolute atomic E-state index is 12.8. The van der Waals surface area contributed by atoms with E-state index < -0.39 is 32.7 Å². The third-order valence-electron chi connectivity index (χ3n) is 2.58. The molecule has 1 unspecified atom stereocenters. The Hall–Kier alpha value is -0.990. The van der Waals surface area contributed by atoms with Crippen molar-refractivity contribution in [1.82, 2.24) is 5.32 Å². The summed E-state index contributed by atoms with van der Waals surface area (Å²) in [6.07, 6.45) is -4.70. The van der Waals surface area contributed by atoms with Gasteiger partial charge in [0.15, 0.2) is 0 Å². The molecule has 0 aliphatic carbocycles. The molecule has 0 fully saturated rings. The van der Waals surface area contributed by atoms with E-state index in [-0.39, 0.29) is 11.6 Å². The van der Waals surface area contributed by atoms with Crippen molar-refractivity contribution >= 4 is 27.3 Å². The molecule has 2 N–H and O–H groups in total. The van der Waals surface area contributed by atoms with Crippen molar-refractivity contribution in [1.29, 1.82) is 0 Å². The zero-order valence-corrected chi connectivity index (χ0v) is 12.3. The number of benzene rings is 1. The smallest absolute Gasteiger partial charge is 0.318 e. The van der Waals surface area contributed by atoms with Gasteiger partial charge in [-0.05, 0) is 26.1 Å². The molecule has 0 aliphatic rings. The third-order valence-corrected chi connectivity index (χ3v) is 4.61. The van der Waals surface area contributed by atoms with Gasteiger partial charge in [0.25, 0.3) is 0 Å². The Morgan fingerprint density at radius 3 is 2.45 bits per heavy atom. The van der Waals surface area contributed by atoms with E-state index >= 15 is 0 Å². The Labute approximate surface area is 120 Å². The zero-order chi connectivity index (χ0) is 15.6. The number of hydrogen-bond acceptors (Lipinski definition) is 3. The Kier molecular flexibility index (Phi) is 5.28. The Bertz CT molecular complexity index is 576. The SMILES string of the molecule is CNCC(C)S(=O)(=O)Nc1c(Cl)cccc1C(F)(F)F. The van der Waals surface area contributed by atoms with Crippen LogP contribution in [0.25, 0.3) is 0 Å². The minimum absolute atomic E-state index is 0.0984. The zero-order valence-electron chi connectivity index (χ0n) is 10.8. The number of nitrogens with one attached hydrogen (secondary N) is 2. The number of alkyl halides is 3. The maximum atomic E-state index is 12.8. The van der Waals surface area contributed by atoms with Crippen molar-refractivity contribution in [2.45, 2.75) is 18.3 Å². The van der Waals surface area contributed by atoms with Crippen molar-refractivity contribution in [2.24, 2.45) is 0 Å². The third kappa shape index (κ3) is 4.00. The largest absolute Gasteiger partial charge is 0.418 e. The molecule has 1 rings (SSSR count). The Morgan fingerprint density at radius 2 is 1.95 bits per heavy atom. The number of anilines is 1. The lowest BCUT2D eigenvalue weighted by Crippen LogP contribution is -2.33. The van der Waals surface area contributed by atoms with Crippen LogP contribution in [-0.2, 0) is 16.2 Å². The Balaban J connectivity index is 3.22. The molecule has 1 atom stereocenters. The highest BCUT2D eigenvalue weighted by atomic mass is 35.5. The van der Waals surface area contributed by atoms with Gasteiger partial charge in [0.2, 0.25) is 10.0 Å². The summed E-state index contributed by atoms with van der Waals surface area (Å²) in [7, 11) is -2.43. The van der Waals surface area contributed by atoms with E-state index in [2.05, 4.69) is 5.32 Å². The van der Waals surface area contributed by atoms with Crippen molar-refractivity contribution < 1.29 is 21.6 Å². The van der Waals surface area contributed by atoms with Crippen LogP contribution in [0.5, 0.6) is 0 Å². The van der Waals surface area contributed by atoms with Crippen LogP contribution >= 0.6 is 11.6 Å². The summed E-state index contributed by atoms with van der Waals surface area (Å²) < 4.78 is 64.4. The van der Waals surface area contributed by atoms with Crippen LogP contribution in [0, 0.1) is 0 Å². The summed E-state index contributed by atoms with van der Waals surface area (Å²) in [5.41, 5.74) is -1.77. The van der Waals surface area contributed by atoms with E-state index in [1.807, 2.05) is 4.72 Å². The minimum Gasteiger partial charge on any atom is -0.318 e. The first-order chi connectivity index (χ1) is 9.09. The minimum atomic E-state index is -4.70. The molecule has 9 heteroatoms. The molecule has 0 saturated heterocycles. The first kappa shape index (κ1) is 17.1. The second-order valence-corrected chi connectivity index (χ2v) is 6.68. The molecular weight excluding hydrogens is 317 g/mol. The van der Waals surface area contributed by atoms with Gasteiger partial charge in [0.05, 0.1) is 21.5 Å². The van der Waals surface area contributed by atoms with Gasteiger partial charge in [-0.3, -0.25) is 4.72 Å². The monoisotopic (exact) mass is 330 g/mol. The van der Waals surface area contributed by atoms with Gasteiger partial charge in [-0.2, -0.15) is 13.2 Å². The van der Waals surface area contributed by atoms with E-state index in [1.54, 1.807) is 7.05 Å². The molecule has 0 spiro atoms. The summed E-state index contributed by atoms with van der Waals surface area (Å²) in [4.78, 5) is 0. The van der Waals surface area contributed by atoms with Crippen molar-refractivity contribution in [3.63, 3.8) is 0 Å². The summed E-state index contributed by atoms with van der Waals surface area (Å²) in [6.45, 7) is 1.48. The second-order valence-electron chi connectivity index (χ2n) is 4.18. The fraction of sp³-hybridized carbons (Fsp3) is 0.455. The van der Waals surface area contributed by atoms with Gasteiger partial charge in [-0.15, -0.1) is 0 Å². The van der Waals surface area contributed by atoms with Crippen LogP contribution in [0.2, 0.25) is 5.02 Å². The van der Waals surface area contributed by atoms with Gasteiger partial charge >= 0.3 is 6.18 Å². The van der Waals surface area contributed by atoms with Crippen LogP contribution in [-0.4, -0.2) is 27.3 Å². The highest BCUT2D eigenvalue weighted by molar-refractivity contribution is 7.93. The first-order valence-corrected chi connectivity index (χ1v) is 7.54. The van der Waals surface area contributed by atoms with Crippen molar-refractivity contribution in [2.75, 3.05) is 18.3 Å². The predicted molar refractivity (Wildman–Crippen MR) is 72.4 cm³/mol. The van der Waals surface area contributed by atoms with Crippen LogP contribution in [0.15, 0.2) is 18.2 Å². The molecule has 0 radical (unpaired) electrons. The fourth-order valence-corrected chi connectivity index (χ4v) is 2.87. The number of sulfonamides is 1. The maximum Gasteiger partial charge on any atom is 0.418 e. The average molecular weight is 331 g/mol. The quantitative estimate of drug-likeness (QED) is 0.872. The Morgan fingerprint density at radius 1 is 1.35 bits per heavy atom. The second kappa shape index (κ2) is 6.19. The number of rotatable bonds is 5. The van der Waals surface area contributed by atoms with E-state index in [9.17, 15) is 21.6 Å². The van der Waals surface area contributed by atoms with Gasteiger partial charge in [-0.25, -0.2) is 8.42 Å². The van der Waals surface area contributed by atoms with E-state index in [0.29, 0.717) is 0 Å². The molecule has 1 aromatic carbocycles. The van der Waals surface area contributed by atoms with E-state index in [0.717, 1.165) is 12.1 Å². The molecule has 114 valence electrons. The van der Waals surface area contributed by atoms with Gasteiger partial charge in [0, 0.05) is 6.54 Å². The normalized spacial score (nSPS) is 14.1. The lowest BCUT2D eigenvalue weighted by molar-refractivity contribution is -0.136. The summed E-state index contributed by atoms with van der Waals surface area (Å²) in [5.74, 6) is 0. The molecule has 0 aliphatic heterocycles. The van der Waals surface area contributed by atoms with Crippen LogP contribution < -0.4 is 10.0 Å². The van der Waals surface area contributed by atoms with Gasteiger partial charge in [-0.1, -0.05) is 17.7 Å². The summed E-state index contributed by atoms with van der Waals surface area (Å²) >= 11 is 5.68. The molecule has 4 nitrogen and oxygen atoms in total. The van der Waals surface area contributed by atoms with Crippen LogP contribution in [0.4, 0.5) is 18.9 Å². The molecule has 0 aromatic heterocycles. The molecule has 20 heavy (non-hydrogen) atoms. The van der Waals surface area contributed by atoms with E-state index in [1.165, 1.54) is 13.0 Å². The molecule has 0 saturated carbocycles. The highest BCUT2D eigenvalue weighted by Crippen LogP contribution is 2.39. The standard InChI is InChI=1S/C11H14ClF3N2O2S/c1-7(6-16-2)20(18,19)17-10-8(11(13,14)15)4-3-5-9(10)12/h3-5,7,16-17H,6H2,1-2H3. The summed E-state index contributed by atoms with van der Waals surface area (Å²) in [5, 5.41) is 1.43. The molecule has 0 heterocycles. The van der Waals surface area contributed by atoms with Gasteiger partial charge in [0.1, 0.15) is 0 Å². The predicted octanol–water partition coefficient (Wildman–Crippen LogP) is 2.71. The first-order valence-electron chi connectivity index (χ1n) is 5.61. The van der Waals surface area contributed by atoms with Crippen LogP contribution in [0.1, 0.15) is 12.5 Å². The van der Waals surface area contributed by atoms with Crippen molar-refractivity contribution in [3.05, 3.63) is 28.8 Å². The van der Waals surface area contributed by atoms with Crippen molar-refractivity contribution in [3.8, 4) is 0 Å². The summed E-state index contributed by atoms with van der Waals surface area (Å²) in [6, 6.07) is 3.07. The highest BCUT2D eigenvalue weighted by Gasteiger charge is 2.36. The van der Waals surface area contributed by atoms with Crippen LogP contribution in [0.3, 0.4) is 0 Å². The topological polar surface area (TPSA) is 58.2 Å². The molecule has 0 amide bonds. The average Bonchev–Trinajstić information content (AvgIpc) is 2.30. The van der Waals surface area contributed by atoms with Gasteiger partial charge < -0.3 is 5.32 Å². The van der Waals surface area contributed by atoms with E-state index in [4.69, 9.17) is 11.6 Å². The number of hydrogen-bond donors (Lipinski definition) is 2. The molecule has 0 bridgehead atoms.